The molecular weight excluding hydrogens is 490 g/mol. The van der Waals surface area contributed by atoms with E-state index in [0.717, 1.165) is 43.4 Å². The summed E-state index contributed by atoms with van der Waals surface area (Å²) in [6, 6.07) is 3.30. The minimum absolute atomic E-state index is 0.263. The molecule has 0 spiro atoms. The lowest BCUT2D eigenvalue weighted by molar-refractivity contribution is -0.190. The molecule has 3 atom stereocenters. The molecule has 13 heteroatoms. The van der Waals surface area contributed by atoms with Gasteiger partial charge in [0.2, 0.25) is 0 Å². The standard InChI is InChI=1S/C24H29N3O10/c1-11-7-17-18(8-12(11)2)27(24(33)21(26-17)23(25)32)9-19(35-14(4)29)22(37-16(6)31)20(36-15(5)30)10-34-13(3)28/h7-8,19-20,22H,9-10H2,1-6H3,(H2,25,32)/t19-,20+,22-/m0/s1. The Morgan fingerprint density at radius 3 is 1.92 bits per heavy atom. The summed E-state index contributed by atoms with van der Waals surface area (Å²) in [5.74, 6) is -4.24. The number of esters is 4. The Balaban J connectivity index is 2.75. The van der Waals surface area contributed by atoms with Gasteiger partial charge in [0.1, 0.15) is 6.61 Å². The first-order valence-corrected chi connectivity index (χ1v) is 11.2. The highest BCUT2D eigenvalue weighted by Gasteiger charge is 2.39. The molecule has 0 fully saturated rings. The largest absolute Gasteiger partial charge is 0.462 e. The molecule has 2 aromatic rings. The maximum absolute atomic E-state index is 13.2. The van der Waals surface area contributed by atoms with Crippen LogP contribution in [0.2, 0.25) is 0 Å². The number of rotatable bonds is 10. The van der Waals surface area contributed by atoms with E-state index >= 15 is 0 Å². The third-order valence-corrected chi connectivity index (χ3v) is 5.28. The van der Waals surface area contributed by atoms with E-state index < -0.39 is 72.5 Å². The molecule has 13 nitrogen and oxygen atoms in total. The van der Waals surface area contributed by atoms with Gasteiger partial charge in [-0.3, -0.25) is 28.8 Å². The zero-order chi connectivity index (χ0) is 28.0. The van der Waals surface area contributed by atoms with Crippen molar-refractivity contribution in [3.63, 3.8) is 0 Å². The number of benzene rings is 1. The molecule has 2 N–H and O–H groups in total. The third kappa shape index (κ3) is 7.59. The minimum atomic E-state index is -1.51. The minimum Gasteiger partial charge on any atom is -0.462 e. The zero-order valence-corrected chi connectivity index (χ0v) is 21.4. The number of aryl methyl sites for hydroxylation is 2. The highest BCUT2D eigenvalue weighted by atomic mass is 16.6. The van der Waals surface area contributed by atoms with Crippen molar-refractivity contribution in [1.82, 2.24) is 9.55 Å². The summed E-state index contributed by atoms with van der Waals surface area (Å²) in [4.78, 5) is 76.5. The van der Waals surface area contributed by atoms with Gasteiger partial charge in [-0.15, -0.1) is 0 Å². The molecule has 1 aromatic carbocycles. The molecule has 0 aliphatic heterocycles. The Hall–Kier alpha value is -4.29. The van der Waals surface area contributed by atoms with Crippen LogP contribution in [-0.2, 0) is 44.7 Å². The van der Waals surface area contributed by atoms with Crippen LogP contribution in [0.15, 0.2) is 16.9 Å². The van der Waals surface area contributed by atoms with Gasteiger partial charge in [0.05, 0.1) is 17.6 Å². The van der Waals surface area contributed by atoms with Crippen molar-refractivity contribution in [2.75, 3.05) is 6.61 Å². The molecular formula is C24H29N3O10. The van der Waals surface area contributed by atoms with Gasteiger partial charge in [0.15, 0.2) is 24.0 Å². The number of primary amides is 1. The van der Waals surface area contributed by atoms with E-state index in [1.165, 1.54) is 0 Å². The summed E-state index contributed by atoms with van der Waals surface area (Å²) < 4.78 is 22.0. The van der Waals surface area contributed by atoms with Crippen LogP contribution in [0.25, 0.3) is 11.0 Å². The van der Waals surface area contributed by atoms with Crippen LogP contribution < -0.4 is 11.3 Å². The second kappa shape index (κ2) is 12.1. The number of amides is 1. The van der Waals surface area contributed by atoms with Gasteiger partial charge in [-0.05, 0) is 37.1 Å². The summed E-state index contributed by atoms with van der Waals surface area (Å²) in [6.07, 6.45) is -4.35. The monoisotopic (exact) mass is 519 g/mol. The summed E-state index contributed by atoms with van der Waals surface area (Å²) in [6.45, 7) is 6.96. The van der Waals surface area contributed by atoms with Crippen LogP contribution in [0, 0.1) is 13.8 Å². The maximum atomic E-state index is 13.2. The van der Waals surface area contributed by atoms with Crippen LogP contribution in [0.5, 0.6) is 0 Å². The molecule has 0 saturated carbocycles. The van der Waals surface area contributed by atoms with Crippen LogP contribution >= 0.6 is 0 Å². The van der Waals surface area contributed by atoms with Crippen LogP contribution in [-0.4, -0.2) is 64.3 Å². The molecule has 0 unspecified atom stereocenters. The Bertz CT molecular complexity index is 1300. The highest BCUT2D eigenvalue weighted by molar-refractivity contribution is 5.92. The van der Waals surface area contributed by atoms with Gasteiger partial charge < -0.3 is 29.2 Å². The number of carbonyl (C=O) groups excluding carboxylic acids is 5. The van der Waals surface area contributed by atoms with Gasteiger partial charge in [0.25, 0.3) is 11.5 Å². The Morgan fingerprint density at radius 2 is 1.41 bits per heavy atom. The van der Waals surface area contributed by atoms with Gasteiger partial charge in [0, 0.05) is 27.7 Å². The molecule has 0 aliphatic rings. The predicted octanol–water partition coefficient (Wildman–Crippen LogP) is 0.470. The summed E-state index contributed by atoms with van der Waals surface area (Å²) in [5.41, 5.74) is 6.09. The maximum Gasteiger partial charge on any atom is 0.303 e. The number of hydrogen-bond acceptors (Lipinski definition) is 11. The van der Waals surface area contributed by atoms with Crippen molar-refractivity contribution in [3.05, 3.63) is 39.3 Å². The molecule has 1 aromatic heterocycles. The Labute approximate surface area is 211 Å². The fourth-order valence-electron chi connectivity index (χ4n) is 3.63. The van der Waals surface area contributed by atoms with Crippen LogP contribution in [0.3, 0.4) is 0 Å². The Kier molecular flexibility index (Phi) is 9.47. The molecule has 0 radical (unpaired) electrons. The fraction of sp³-hybridized carbons (Fsp3) is 0.458. The van der Waals surface area contributed by atoms with E-state index in [-0.39, 0.29) is 11.0 Å². The van der Waals surface area contributed by atoms with E-state index in [4.69, 9.17) is 24.7 Å². The lowest BCUT2D eigenvalue weighted by atomic mass is 10.1. The van der Waals surface area contributed by atoms with Crippen molar-refractivity contribution in [3.8, 4) is 0 Å². The van der Waals surface area contributed by atoms with Crippen molar-refractivity contribution >= 4 is 40.8 Å². The number of hydrogen-bond donors (Lipinski definition) is 1. The normalized spacial score (nSPS) is 13.2. The average molecular weight is 520 g/mol. The number of carbonyl (C=O) groups is 5. The fourth-order valence-corrected chi connectivity index (χ4v) is 3.63. The number of nitrogens with zero attached hydrogens (tertiary/aromatic N) is 2. The predicted molar refractivity (Wildman–Crippen MR) is 127 cm³/mol. The molecule has 1 heterocycles. The first-order valence-electron chi connectivity index (χ1n) is 11.2. The van der Waals surface area contributed by atoms with Crippen molar-refractivity contribution in [1.29, 1.82) is 0 Å². The van der Waals surface area contributed by atoms with Gasteiger partial charge in [-0.25, -0.2) is 4.98 Å². The van der Waals surface area contributed by atoms with Gasteiger partial charge >= 0.3 is 23.9 Å². The van der Waals surface area contributed by atoms with Gasteiger partial charge in [-0.2, -0.15) is 0 Å². The summed E-state index contributed by atoms with van der Waals surface area (Å²) in [5, 5.41) is 0. The van der Waals surface area contributed by atoms with Crippen molar-refractivity contribution in [2.24, 2.45) is 5.73 Å². The van der Waals surface area contributed by atoms with E-state index in [9.17, 15) is 28.8 Å². The summed E-state index contributed by atoms with van der Waals surface area (Å²) >= 11 is 0. The summed E-state index contributed by atoms with van der Waals surface area (Å²) in [7, 11) is 0. The second-order valence-electron chi connectivity index (χ2n) is 8.34. The number of ether oxygens (including phenoxy) is 4. The van der Waals surface area contributed by atoms with Crippen LogP contribution in [0.1, 0.15) is 49.3 Å². The quantitative estimate of drug-likeness (QED) is 0.340. The zero-order valence-electron chi connectivity index (χ0n) is 21.4. The molecule has 0 aliphatic carbocycles. The van der Waals surface area contributed by atoms with E-state index in [2.05, 4.69) is 4.98 Å². The molecule has 2 rings (SSSR count). The molecule has 200 valence electrons. The first kappa shape index (κ1) is 28.9. The number of aromatic nitrogens is 2. The molecule has 0 saturated heterocycles. The second-order valence-corrected chi connectivity index (χ2v) is 8.34. The smallest absolute Gasteiger partial charge is 0.303 e. The van der Waals surface area contributed by atoms with E-state index in [1.807, 2.05) is 6.92 Å². The molecule has 0 bridgehead atoms. The third-order valence-electron chi connectivity index (χ3n) is 5.28. The van der Waals surface area contributed by atoms with Crippen molar-refractivity contribution in [2.45, 2.75) is 66.4 Å². The van der Waals surface area contributed by atoms with E-state index in [1.54, 1.807) is 19.1 Å². The number of nitrogens with two attached hydrogens (primary N) is 1. The van der Waals surface area contributed by atoms with E-state index in [0.29, 0.717) is 0 Å². The molecule has 37 heavy (non-hydrogen) atoms. The van der Waals surface area contributed by atoms with Crippen LogP contribution in [0.4, 0.5) is 0 Å². The average Bonchev–Trinajstić information content (AvgIpc) is 2.76. The lowest BCUT2D eigenvalue weighted by Crippen LogP contribution is -2.50. The highest BCUT2D eigenvalue weighted by Crippen LogP contribution is 2.21. The Morgan fingerprint density at radius 1 is 0.865 bits per heavy atom. The first-order chi connectivity index (χ1) is 17.2. The molecule has 1 amide bonds. The SMILES string of the molecule is CC(=O)OC[C@@H](OC(C)=O)[C@@H](OC(C)=O)[C@H](Cn1c(=O)c(C(N)=O)nc2cc(C)c(C)cc21)OC(C)=O. The van der Waals surface area contributed by atoms with Crippen molar-refractivity contribution < 1.29 is 42.9 Å². The van der Waals surface area contributed by atoms with Gasteiger partial charge in [-0.1, -0.05) is 0 Å². The number of fused-ring (bicyclic) bond motifs is 1. The topological polar surface area (TPSA) is 183 Å². The lowest BCUT2D eigenvalue weighted by Gasteiger charge is -2.32.